The molecule has 54 heavy (non-hydrogen) atoms. The van der Waals surface area contributed by atoms with E-state index in [4.69, 9.17) is 0 Å². The van der Waals surface area contributed by atoms with Crippen LogP contribution in [0.3, 0.4) is 0 Å². The van der Waals surface area contributed by atoms with Crippen LogP contribution >= 0.6 is 0 Å². The second-order valence-electron chi connectivity index (χ2n) is 16.0. The van der Waals surface area contributed by atoms with Crippen LogP contribution < -0.4 is 20.4 Å². The van der Waals surface area contributed by atoms with Gasteiger partial charge in [-0.3, -0.25) is 29.5 Å². The first-order valence-corrected chi connectivity index (χ1v) is 19.6. The van der Waals surface area contributed by atoms with Crippen LogP contribution in [0.15, 0.2) is 42.5 Å². The molecule has 1 saturated carbocycles. The van der Waals surface area contributed by atoms with Crippen molar-refractivity contribution < 1.29 is 23.9 Å². The number of hydrogen-bond acceptors (Lipinski definition) is 11. The van der Waals surface area contributed by atoms with Crippen molar-refractivity contribution in [1.29, 1.82) is 0 Å². The maximum atomic E-state index is 14.1. The van der Waals surface area contributed by atoms with Crippen LogP contribution in [0.25, 0.3) is 11.3 Å². The smallest absolute Gasteiger partial charge is 0.255 e. The first-order valence-electron chi connectivity index (χ1n) is 19.6. The molecule has 9 rings (SSSR count). The molecule has 3 N–H and O–H groups in total. The fourth-order valence-corrected chi connectivity index (χ4v) is 9.63. The number of imide groups is 1. The molecule has 4 fully saturated rings. The van der Waals surface area contributed by atoms with Gasteiger partial charge in [0, 0.05) is 95.2 Å². The molecule has 0 spiro atoms. The Morgan fingerprint density at radius 3 is 2.35 bits per heavy atom. The number of nitrogens with zero attached hydrogens (tertiary/aromatic N) is 7. The predicted molar refractivity (Wildman–Crippen MR) is 202 cm³/mol. The zero-order valence-electron chi connectivity index (χ0n) is 30.6. The maximum Gasteiger partial charge on any atom is 0.255 e. The molecule has 3 saturated heterocycles. The summed E-state index contributed by atoms with van der Waals surface area (Å²) in [6.45, 7) is 10.2. The highest BCUT2D eigenvalue weighted by molar-refractivity contribution is 6.05. The van der Waals surface area contributed by atoms with Gasteiger partial charge in [0.05, 0.1) is 17.4 Å². The number of anilines is 3. The van der Waals surface area contributed by atoms with E-state index in [2.05, 4.69) is 46.5 Å². The highest BCUT2D eigenvalue weighted by Gasteiger charge is 2.40. The fraction of sp³-hybridized carbons (Fsp3) is 0.525. The van der Waals surface area contributed by atoms with E-state index in [1.807, 2.05) is 18.2 Å². The summed E-state index contributed by atoms with van der Waals surface area (Å²) in [5.74, 6) is 0.349. The zero-order chi connectivity index (χ0) is 36.9. The Labute approximate surface area is 314 Å². The monoisotopic (exact) mass is 737 g/mol. The van der Waals surface area contributed by atoms with Crippen molar-refractivity contribution in [2.24, 2.45) is 11.8 Å². The number of hydrogen-bond donors (Lipinski definition) is 3. The number of rotatable bonds is 7. The van der Waals surface area contributed by atoms with Gasteiger partial charge >= 0.3 is 0 Å². The molecule has 14 heteroatoms. The Balaban J connectivity index is 0.725. The van der Waals surface area contributed by atoms with Gasteiger partial charge < -0.3 is 25.1 Å². The molecule has 1 aromatic heterocycles. The molecule has 3 aromatic rings. The molecular formula is C40H48FN9O4. The summed E-state index contributed by atoms with van der Waals surface area (Å²) in [7, 11) is 0. The average molecular weight is 738 g/mol. The predicted octanol–water partition coefficient (Wildman–Crippen LogP) is 3.29. The Kier molecular flexibility index (Phi) is 9.34. The van der Waals surface area contributed by atoms with Crippen LogP contribution in [0.2, 0.25) is 0 Å². The van der Waals surface area contributed by atoms with E-state index < -0.39 is 17.6 Å². The summed E-state index contributed by atoms with van der Waals surface area (Å²) in [6, 6.07) is 12.2. The molecule has 5 aliphatic heterocycles. The first kappa shape index (κ1) is 34.9. The van der Waals surface area contributed by atoms with Crippen molar-refractivity contribution in [2.75, 3.05) is 80.6 Å². The summed E-state index contributed by atoms with van der Waals surface area (Å²) < 4.78 is 14.1. The number of phenols is 1. The number of phenolic OH excluding ortho intramolecular Hbond substituents is 1. The number of halogens is 1. The molecule has 13 nitrogen and oxygen atoms in total. The SMILES string of the molecule is O=C1CCC(N2Cc3ccc(N4CCN(CC5CCC(CN6CCN7c8cc(-c9cccc(F)c9O)nnc8NC[C@H]7C6)CC5)CC4)cc3C2=O)C(=O)N1. The summed E-state index contributed by atoms with van der Waals surface area (Å²) >= 11 is 0. The number of piperidine rings is 1. The van der Waals surface area contributed by atoms with Crippen LogP contribution in [0.5, 0.6) is 5.75 Å². The second kappa shape index (κ2) is 14.4. The molecule has 284 valence electrons. The molecular weight excluding hydrogens is 689 g/mol. The Morgan fingerprint density at radius 2 is 1.57 bits per heavy atom. The van der Waals surface area contributed by atoms with E-state index in [9.17, 15) is 23.9 Å². The van der Waals surface area contributed by atoms with Crippen molar-refractivity contribution in [3.05, 3.63) is 59.4 Å². The third-order valence-corrected chi connectivity index (χ3v) is 12.7. The van der Waals surface area contributed by atoms with Gasteiger partial charge in [0.1, 0.15) is 6.04 Å². The van der Waals surface area contributed by atoms with Gasteiger partial charge in [0.2, 0.25) is 11.8 Å². The second-order valence-corrected chi connectivity index (χ2v) is 16.0. The number of aromatic nitrogens is 2. The van der Waals surface area contributed by atoms with Gasteiger partial charge in [0.25, 0.3) is 5.91 Å². The first-order chi connectivity index (χ1) is 26.3. The molecule has 0 radical (unpaired) electrons. The van der Waals surface area contributed by atoms with Crippen LogP contribution in [-0.4, -0.2) is 125 Å². The normalized spacial score (nSPS) is 26.2. The number of benzene rings is 2. The lowest BCUT2D eigenvalue weighted by molar-refractivity contribution is -0.136. The molecule has 2 atom stereocenters. The van der Waals surface area contributed by atoms with Gasteiger partial charge in [-0.2, -0.15) is 0 Å². The van der Waals surface area contributed by atoms with Crippen molar-refractivity contribution in [2.45, 2.75) is 57.2 Å². The summed E-state index contributed by atoms with van der Waals surface area (Å²) in [4.78, 5) is 49.0. The topological polar surface area (TPSA) is 137 Å². The van der Waals surface area contributed by atoms with E-state index >= 15 is 0 Å². The molecule has 1 unspecified atom stereocenters. The van der Waals surface area contributed by atoms with Crippen LogP contribution in [-0.2, 0) is 16.1 Å². The number of para-hydroxylation sites is 1. The van der Waals surface area contributed by atoms with Crippen molar-refractivity contribution in [1.82, 2.24) is 30.2 Å². The van der Waals surface area contributed by atoms with Gasteiger partial charge in [-0.25, -0.2) is 4.39 Å². The van der Waals surface area contributed by atoms with Crippen molar-refractivity contribution >= 4 is 34.9 Å². The van der Waals surface area contributed by atoms with Crippen molar-refractivity contribution in [3.63, 3.8) is 0 Å². The maximum absolute atomic E-state index is 14.1. The fourth-order valence-electron chi connectivity index (χ4n) is 9.63. The van der Waals surface area contributed by atoms with Gasteiger partial charge in [-0.15, -0.1) is 10.2 Å². The quantitative estimate of drug-likeness (QED) is 0.308. The van der Waals surface area contributed by atoms with Crippen LogP contribution in [0.1, 0.15) is 54.4 Å². The zero-order valence-corrected chi connectivity index (χ0v) is 30.6. The molecule has 6 aliphatic rings. The lowest BCUT2D eigenvalue weighted by Crippen LogP contribution is -2.58. The Morgan fingerprint density at radius 1 is 0.815 bits per heavy atom. The number of carbonyl (C=O) groups excluding carboxylic acids is 3. The number of amides is 3. The average Bonchev–Trinajstić information content (AvgIpc) is 3.51. The number of nitrogens with one attached hydrogen (secondary N) is 2. The number of carbonyl (C=O) groups is 3. The Bertz CT molecular complexity index is 1950. The summed E-state index contributed by atoms with van der Waals surface area (Å²) in [5.41, 5.74) is 4.45. The van der Waals surface area contributed by atoms with Crippen molar-refractivity contribution in [3.8, 4) is 17.0 Å². The van der Waals surface area contributed by atoms with E-state index in [-0.39, 0.29) is 24.1 Å². The van der Waals surface area contributed by atoms with Gasteiger partial charge in [-0.05, 0) is 79.8 Å². The van der Waals surface area contributed by atoms with E-state index in [1.54, 1.807) is 17.0 Å². The highest BCUT2D eigenvalue weighted by atomic mass is 19.1. The lowest BCUT2D eigenvalue weighted by Gasteiger charge is -2.47. The molecule has 0 bridgehead atoms. The third-order valence-electron chi connectivity index (χ3n) is 12.7. The standard InChI is InChI=1S/C40H48FN9O4/c41-32-3-1-2-30(37(32)52)33-19-35-38(45-44-33)42-20-29-24-47(14-17-49(29)35)22-26-6-4-25(5-7-26)21-46-12-15-48(16-13-46)28-9-8-27-23-50(40(54)31(27)18-28)34-10-11-36(51)43-39(34)53/h1-3,8-9,18-19,25-26,29,34,52H,4-7,10-17,20-24H2,(H,42,45)(H,43,51,53)/t25?,26?,29-,34?/m0/s1. The molecule has 6 heterocycles. The molecule has 3 amide bonds. The minimum Gasteiger partial charge on any atom is -0.504 e. The number of aromatic hydroxyl groups is 1. The van der Waals surface area contributed by atoms with Gasteiger partial charge in [0.15, 0.2) is 17.4 Å². The largest absolute Gasteiger partial charge is 0.504 e. The molecule has 1 aliphatic carbocycles. The summed E-state index contributed by atoms with van der Waals surface area (Å²) in [6.07, 6.45) is 5.72. The minimum absolute atomic E-state index is 0.121. The number of piperazine rings is 2. The van der Waals surface area contributed by atoms with Gasteiger partial charge in [-0.1, -0.05) is 12.1 Å². The Hall–Kier alpha value is -4.82. The van der Waals surface area contributed by atoms with E-state index in [0.717, 1.165) is 100 Å². The summed E-state index contributed by atoms with van der Waals surface area (Å²) in [5, 5.41) is 24.8. The number of fused-ring (bicyclic) bond motifs is 4. The third kappa shape index (κ3) is 6.74. The van der Waals surface area contributed by atoms with Crippen LogP contribution in [0, 0.1) is 17.7 Å². The minimum atomic E-state index is -0.666. The van der Waals surface area contributed by atoms with E-state index in [0.29, 0.717) is 35.8 Å². The van der Waals surface area contributed by atoms with Crippen LogP contribution in [0.4, 0.5) is 21.6 Å². The highest BCUT2D eigenvalue weighted by Crippen LogP contribution is 2.38. The lowest BCUT2D eigenvalue weighted by atomic mass is 9.81. The van der Waals surface area contributed by atoms with E-state index in [1.165, 1.54) is 31.7 Å². The molecule has 2 aromatic carbocycles.